The molecule has 98 valence electrons. The lowest BCUT2D eigenvalue weighted by Crippen LogP contribution is -2.08. The summed E-state index contributed by atoms with van der Waals surface area (Å²) in [7, 11) is 0. The standard InChI is InChI=1S/C14H27N3/c1-4-6-8-9-10-15-14-16-13(3)12-17(14)11-7-5-2/h12H,4-11H2,1-3H3,(H,15,16). The molecular formula is C14H27N3. The van der Waals surface area contributed by atoms with Crippen molar-refractivity contribution in [2.24, 2.45) is 0 Å². The third kappa shape index (κ3) is 5.24. The molecule has 0 atom stereocenters. The van der Waals surface area contributed by atoms with Crippen LogP contribution in [0.25, 0.3) is 0 Å². The van der Waals surface area contributed by atoms with Crippen LogP contribution in [0.5, 0.6) is 0 Å². The van der Waals surface area contributed by atoms with Crippen LogP contribution in [0.3, 0.4) is 0 Å². The molecule has 0 unspecified atom stereocenters. The summed E-state index contributed by atoms with van der Waals surface area (Å²) < 4.78 is 2.25. The summed E-state index contributed by atoms with van der Waals surface area (Å²) in [5, 5.41) is 3.45. The number of anilines is 1. The molecule has 17 heavy (non-hydrogen) atoms. The summed E-state index contributed by atoms with van der Waals surface area (Å²) >= 11 is 0. The predicted molar refractivity (Wildman–Crippen MR) is 74.5 cm³/mol. The molecule has 1 aromatic heterocycles. The Balaban J connectivity index is 2.35. The zero-order valence-corrected chi connectivity index (χ0v) is 11.6. The maximum Gasteiger partial charge on any atom is 0.203 e. The van der Waals surface area contributed by atoms with E-state index in [1.807, 2.05) is 0 Å². The van der Waals surface area contributed by atoms with Gasteiger partial charge in [0.05, 0.1) is 5.69 Å². The number of unbranched alkanes of at least 4 members (excludes halogenated alkanes) is 4. The molecule has 1 aromatic rings. The summed E-state index contributed by atoms with van der Waals surface area (Å²) in [5.74, 6) is 1.05. The maximum atomic E-state index is 4.53. The van der Waals surface area contributed by atoms with Crippen LogP contribution in [0.4, 0.5) is 5.95 Å². The molecule has 0 radical (unpaired) electrons. The van der Waals surface area contributed by atoms with Gasteiger partial charge in [-0.25, -0.2) is 4.98 Å². The van der Waals surface area contributed by atoms with Crippen LogP contribution >= 0.6 is 0 Å². The molecule has 0 saturated carbocycles. The molecule has 0 saturated heterocycles. The van der Waals surface area contributed by atoms with Gasteiger partial charge in [0.25, 0.3) is 0 Å². The normalized spacial score (nSPS) is 10.8. The van der Waals surface area contributed by atoms with Gasteiger partial charge in [0, 0.05) is 19.3 Å². The molecule has 0 aliphatic heterocycles. The van der Waals surface area contributed by atoms with Crippen molar-refractivity contribution in [3.8, 4) is 0 Å². The van der Waals surface area contributed by atoms with E-state index in [1.165, 1.54) is 38.5 Å². The van der Waals surface area contributed by atoms with Crippen LogP contribution < -0.4 is 5.32 Å². The van der Waals surface area contributed by atoms with Crippen LogP contribution in [0.2, 0.25) is 0 Å². The second kappa shape index (κ2) is 8.15. The number of aromatic nitrogens is 2. The number of hydrogen-bond acceptors (Lipinski definition) is 2. The highest BCUT2D eigenvalue weighted by molar-refractivity contribution is 5.28. The van der Waals surface area contributed by atoms with Crippen molar-refractivity contribution < 1.29 is 0 Å². The van der Waals surface area contributed by atoms with E-state index < -0.39 is 0 Å². The zero-order valence-electron chi connectivity index (χ0n) is 11.6. The highest BCUT2D eigenvalue weighted by atomic mass is 15.2. The van der Waals surface area contributed by atoms with Crippen molar-refractivity contribution in [2.75, 3.05) is 11.9 Å². The molecule has 1 N–H and O–H groups in total. The summed E-state index contributed by atoms with van der Waals surface area (Å²) in [6.45, 7) is 8.65. The molecule has 0 fully saturated rings. The molecular weight excluding hydrogens is 210 g/mol. The van der Waals surface area contributed by atoms with Crippen LogP contribution in [0, 0.1) is 6.92 Å². The number of nitrogens with one attached hydrogen (secondary N) is 1. The van der Waals surface area contributed by atoms with Gasteiger partial charge in [-0.2, -0.15) is 0 Å². The smallest absolute Gasteiger partial charge is 0.203 e. The topological polar surface area (TPSA) is 29.9 Å². The van der Waals surface area contributed by atoms with Crippen molar-refractivity contribution in [2.45, 2.75) is 65.8 Å². The molecule has 3 heteroatoms. The maximum absolute atomic E-state index is 4.53. The monoisotopic (exact) mass is 237 g/mol. The Morgan fingerprint density at radius 2 is 1.88 bits per heavy atom. The molecule has 0 aliphatic carbocycles. The fraction of sp³-hybridized carbons (Fsp3) is 0.786. The summed E-state index contributed by atoms with van der Waals surface area (Å²) in [5.41, 5.74) is 1.11. The number of imidazole rings is 1. The second-order valence-electron chi connectivity index (χ2n) is 4.74. The quantitative estimate of drug-likeness (QED) is 0.658. The number of hydrogen-bond donors (Lipinski definition) is 1. The largest absolute Gasteiger partial charge is 0.356 e. The third-order valence-corrected chi connectivity index (χ3v) is 2.96. The van der Waals surface area contributed by atoms with E-state index in [9.17, 15) is 0 Å². The Kier molecular flexibility index (Phi) is 6.75. The molecule has 1 heterocycles. The van der Waals surface area contributed by atoms with Crippen LogP contribution in [0.15, 0.2) is 6.20 Å². The lowest BCUT2D eigenvalue weighted by atomic mass is 10.2. The van der Waals surface area contributed by atoms with Crippen molar-refractivity contribution in [1.82, 2.24) is 9.55 Å². The van der Waals surface area contributed by atoms with Crippen molar-refractivity contribution in [3.05, 3.63) is 11.9 Å². The third-order valence-electron chi connectivity index (χ3n) is 2.96. The van der Waals surface area contributed by atoms with E-state index in [2.05, 4.69) is 41.8 Å². The van der Waals surface area contributed by atoms with Gasteiger partial charge in [-0.15, -0.1) is 0 Å². The number of rotatable bonds is 9. The highest BCUT2D eigenvalue weighted by Crippen LogP contribution is 2.10. The van der Waals surface area contributed by atoms with Gasteiger partial charge in [0.2, 0.25) is 5.95 Å². The van der Waals surface area contributed by atoms with Crippen LogP contribution in [-0.2, 0) is 6.54 Å². The van der Waals surface area contributed by atoms with E-state index in [0.717, 1.165) is 24.7 Å². The van der Waals surface area contributed by atoms with Gasteiger partial charge < -0.3 is 9.88 Å². The Labute approximate surface area is 106 Å². The molecule has 0 aromatic carbocycles. The minimum Gasteiger partial charge on any atom is -0.356 e. The average Bonchev–Trinajstić information content (AvgIpc) is 2.67. The summed E-state index contributed by atoms with van der Waals surface area (Å²) in [6, 6.07) is 0. The minimum atomic E-state index is 1.04. The van der Waals surface area contributed by atoms with Crippen molar-refractivity contribution in [1.29, 1.82) is 0 Å². The Morgan fingerprint density at radius 3 is 2.59 bits per heavy atom. The first-order valence-electron chi connectivity index (χ1n) is 7.05. The Morgan fingerprint density at radius 1 is 1.12 bits per heavy atom. The molecule has 0 amide bonds. The predicted octanol–water partition coefficient (Wildman–Crippen LogP) is 3.98. The van der Waals surface area contributed by atoms with Gasteiger partial charge in [0.15, 0.2) is 0 Å². The van der Waals surface area contributed by atoms with Crippen molar-refractivity contribution in [3.63, 3.8) is 0 Å². The SMILES string of the molecule is CCCCCCNc1nc(C)cn1CCCC. The molecule has 0 spiro atoms. The molecule has 3 nitrogen and oxygen atoms in total. The fourth-order valence-corrected chi connectivity index (χ4v) is 1.94. The zero-order chi connectivity index (χ0) is 12.5. The van der Waals surface area contributed by atoms with Gasteiger partial charge in [-0.05, 0) is 19.8 Å². The first kappa shape index (κ1) is 14.1. The molecule has 0 aliphatic rings. The van der Waals surface area contributed by atoms with Gasteiger partial charge in [-0.3, -0.25) is 0 Å². The summed E-state index contributed by atoms with van der Waals surface area (Å²) in [6.07, 6.45) is 9.79. The second-order valence-corrected chi connectivity index (χ2v) is 4.74. The lowest BCUT2D eigenvalue weighted by molar-refractivity contribution is 0.630. The fourth-order valence-electron chi connectivity index (χ4n) is 1.94. The first-order valence-corrected chi connectivity index (χ1v) is 7.05. The first-order chi connectivity index (χ1) is 8.27. The van der Waals surface area contributed by atoms with Gasteiger partial charge in [0.1, 0.15) is 0 Å². The van der Waals surface area contributed by atoms with E-state index in [-0.39, 0.29) is 0 Å². The van der Waals surface area contributed by atoms with Crippen molar-refractivity contribution >= 4 is 5.95 Å². The van der Waals surface area contributed by atoms with E-state index in [0.29, 0.717) is 0 Å². The van der Waals surface area contributed by atoms with Gasteiger partial charge >= 0.3 is 0 Å². The average molecular weight is 237 g/mol. The minimum absolute atomic E-state index is 1.04. The van der Waals surface area contributed by atoms with Gasteiger partial charge in [-0.1, -0.05) is 39.5 Å². The van der Waals surface area contributed by atoms with Crippen LogP contribution in [-0.4, -0.2) is 16.1 Å². The molecule has 1 rings (SSSR count). The van der Waals surface area contributed by atoms with E-state index in [1.54, 1.807) is 0 Å². The number of nitrogens with zero attached hydrogens (tertiary/aromatic N) is 2. The van der Waals surface area contributed by atoms with Crippen LogP contribution in [0.1, 0.15) is 58.1 Å². The Hall–Kier alpha value is -0.990. The van der Waals surface area contributed by atoms with E-state index in [4.69, 9.17) is 0 Å². The highest BCUT2D eigenvalue weighted by Gasteiger charge is 2.03. The Bertz CT molecular complexity index is 304. The lowest BCUT2D eigenvalue weighted by Gasteiger charge is -2.08. The summed E-state index contributed by atoms with van der Waals surface area (Å²) in [4.78, 5) is 4.53. The number of aryl methyl sites for hydroxylation is 2. The van der Waals surface area contributed by atoms with E-state index >= 15 is 0 Å². The molecule has 0 bridgehead atoms.